The Morgan fingerprint density at radius 2 is 1.97 bits per heavy atom. The molecule has 0 aliphatic rings. The fraction of sp³-hybridized carbons (Fsp3) is 0.0909. The Hall–Kier alpha value is -4.23. The van der Waals surface area contributed by atoms with Gasteiger partial charge in [0, 0.05) is 29.9 Å². The first-order valence-electron chi connectivity index (χ1n) is 9.53. The van der Waals surface area contributed by atoms with Crippen molar-refractivity contribution in [3.8, 4) is 17.2 Å². The Bertz CT molecular complexity index is 1340. The molecule has 0 unspecified atom stereocenters. The number of hydrogen-bond acceptors (Lipinski definition) is 7. The lowest BCUT2D eigenvalue weighted by atomic mass is 10.00. The molecular formula is C22H17N7O2S. The van der Waals surface area contributed by atoms with E-state index in [-0.39, 0.29) is 11.5 Å². The maximum Gasteiger partial charge on any atom is 0.258 e. The van der Waals surface area contributed by atoms with Gasteiger partial charge >= 0.3 is 0 Å². The number of tetrazole rings is 1. The van der Waals surface area contributed by atoms with Gasteiger partial charge in [0.15, 0.2) is 5.82 Å². The molecule has 0 fully saturated rings. The Balaban J connectivity index is 1.68. The van der Waals surface area contributed by atoms with E-state index in [1.807, 2.05) is 30.3 Å². The van der Waals surface area contributed by atoms with Crippen LogP contribution >= 0.6 is 11.8 Å². The number of nitriles is 1. The summed E-state index contributed by atoms with van der Waals surface area (Å²) in [6.07, 6.45) is 0. The maximum absolute atomic E-state index is 13.0. The summed E-state index contributed by atoms with van der Waals surface area (Å²) in [5.41, 5.74) is 2.20. The van der Waals surface area contributed by atoms with E-state index in [9.17, 15) is 14.9 Å². The molecule has 9 nitrogen and oxygen atoms in total. The van der Waals surface area contributed by atoms with Gasteiger partial charge in [-0.25, -0.2) is 0 Å². The molecule has 10 heteroatoms. The number of benzene rings is 2. The molecule has 4 rings (SSSR count). The number of carbonyl (C=O) groups excluding carboxylic acids is 1. The van der Waals surface area contributed by atoms with E-state index in [0.717, 1.165) is 5.69 Å². The molecule has 158 valence electrons. The van der Waals surface area contributed by atoms with Gasteiger partial charge in [-0.15, -0.1) is 10.2 Å². The van der Waals surface area contributed by atoms with E-state index < -0.39 is 0 Å². The van der Waals surface area contributed by atoms with Crippen molar-refractivity contribution in [2.45, 2.75) is 10.8 Å². The van der Waals surface area contributed by atoms with E-state index in [2.05, 4.69) is 31.7 Å². The van der Waals surface area contributed by atoms with Gasteiger partial charge in [-0.1, -0.05) is 47.3 Å². The number of carbonyl (C=O) groups is 1. The van der Waals surface area contributed by atoms with Gasteiger partial charge in [0.25, 0.3) is 5.91 Å². The van der Waals surface area contributed by atoms with Crippen molar-refractivity contribution >= 4 is 23.4 Å². The molecule has 0 aliphatic heterocycles. The standard InChI is InChI=1S/C22H17N7O2S/c1-29(16-8-3-2-4-9-16)22(31)15-7-5-6-14(10-15)17-11-20(30)24-21(18(17)12-23)32-13-19-25-27-28-26-19/h2-11H,13H2,1H3,(H,24,30)(H,25,26,27,28). The van der Waals surface area contributed by atoms with Crippen LogP contribution in [-0.4, -0.2) is 38.6 Å². The van der Waals surface area contributed by atoms with Gasteiger partial charge in [0.1, 0.15) is 6.07 Å². The first-order chi connectivity index (χ1) is 15.6. The van der Waals surface area contributed by atoms with E-state index in [1.165, 1.54) is 17.8 Å². The van der Waals surface area contributed by atoms with E-state index in [4.69, 9.17) is 0 Å². The Morgan fingerprint density at radius 1 is 1.16 bits per heavy atom. The second-order valence-corrected chi connectivity index (χ2v) is 7.75. The van der Waals surface area contributed by atoms with E-state index in [0.29, 0.717) is 38.9 Å². The summed E-state index contributed by atoms with van der Waals surface area (Å²) in [6, 6.07) is 19.7. The minimum Gasteiger partial charge on any atom is -0.316 e. The van der Waals surface area contributed by atoms with Crippen LogP contribution in [0.1, 0.15) is 21.7 Å². The van der Waals surface area contributed by atoms with Crippen molar-refractivity contribution < 1.29 is 4.79 Å². The topological polar surface area (TPSA) is 131 Å². The summed E-state index contributed by atoms with van der Waals surface area (Å²) in [7, 11) is 1.70. The van der Waals surface area contributed by atoms with E-state index in [1.54, 1.807) is 36.2 Å². The molecule has 0 saturated heterocycles. The van der Waals surface area contributed by atoms with Crippen LogP contribution < -0.4 is 10.5 Å². The minimum atomic E-state index is -0.354. The third-order valence-corrected chi connectivity index (χ3v) is 5.72. The van der Waals surface area contributed by atoms with Crippen molar-refractivity contribution in [3.63, 3.8) is 0 Å². The molecular weight excluding hydrogens is 426 g/mol. The van der Waals surface area contributed by atoms with E-state index >= 15 is 0 Å². The second kappa shape index (κ2) is 9.28. The number of para-hydroxylation sites is 1. The number of aromatic amines is 2. The summed E-state index contributed by atoms with van der Waals surface area (Å²) in [6.45, 7) is 0. The second-order valence-electron chi connectivity index (χ2n) is 6.76. The Labute approximate surface area is 187 Å². The van der Waals surface area contributed by atoms with Gasteiger partial charge in [-0.05, 0) is 29.8 Å². The first kappa shape index (κ1) is 21.0. The van der Waals surface area contributed by atoms with Crippen molar-refractivity contribution in [3.05, 3.63) is 88.0 Å². The van der Waals surface area contributed by atoms with Crippen LogP contribution in [0, 0.1) is 11.3 Å². The zero-order valence-electron chi connectivity index (χ0n) is 16.9. The van der Waals surface area contributed by atoms with Crippen molar-refractivity contribution in [1.29, 1.82) is 5.26 Å². The van der Waals surface area contributed by atoms with Crippen LogP contribution in [-0.2, 0) is 5.75 Å². The first-order valence-corrected chi connectivity index (χ1v) is 10.5. The highest BCUT2D eigenvalue weighted by molar-refractivity contribution is 7.98. The average Bonchev–Trinajstić information content (AvgIpc) is 3.36. The highest BCUT2D eigenvalue weighted by atomic mass is 32.2. The van der Waals surface area contributed by atoms with Crippen LogP contribution in [0.5, 0.6) is 0 Å². The molecule has 0 atom stereocenters. The molecule has 0 bridgehead atoms. The SMILES string of the molecule is CN(C(=O)c1cccc(-c2cc(=O)[nH]c(SCc3nn[nH]n3)c2C#N)c1)c1ccccc1. The molecule has 0 saturated carbocycles. The lowest BCUT2D eigenvalue weighted by Crippen LogP contribution is -2.26. The lowest BCUT2D eigenvalue weighted by Gasteiger charge is -2.18. The zero-order chi connectivity index (χ0) is 22.5. The normalized spacial score (nSPS) is 10.5. The highest BCUT2D eigenvalue weighted by Crippen LogP contribution is 2.30. The van der Waals surface area contributed by atoms with Crippen molar-refractivity contribution in [1.82, 2.24) is 25.6 Å². The van der Waals surface area contributed by atoms with Crippen LogP contribution in [0.15, 0.2) is 70.5 Å². The van der Waals surface area contributed by atoms with Crippen molar-refractivity contribution in [2.24, 2.45) is 0 Å². The largest absolute Gasteiger partial charge is 0.316 e. The fourth-order valence-corrected chi connectivity index (χ4v) is 4.01. The number of pyridine rings is 1. The number of thioether (sulfide) groups is 1. The smallest absolute Gasteiger partial charge is 0.258 e. The Morgan fingerprint density at radius 3 is 2.69 bits per heavy atom. The number of nitrogens with zero attached hydrogens (tertiary/aromatic N) is 5. The predicted octanol–water partition coefficient (Wildman–Crippen LogP) is 3.00. The third kappa shape index (κ3) is 4.43. The molecule has 2 heterocycles. The molecule has 1 amide bonds. The van der Waals surface area contributed by atoms with Crippen molar-refractivity contribution in [2.75, 3.05) is 11.9 Å². The number of aromatic nitrogens is 5. The summed E-state index contributed by atoms with van der Waals surface area (Å²) >= 11 is 1.23. The molecule has 0 radical (unpaired) electrons. The molecule has 2 aromatic heterocycles. The summed E-state index contributed by atoms with van der Waals surface area (Å²) in [5.74, 6) is 0.570. The maximum atomic E-state index is 13.0. The minimum absolute atomic E-state index is 0.201. The van der Waals surface area contributed by atoms with Gasteiger partial charge in [-0.2, -0.15) is 10.5 Å². The van der Waals surface area contributed by atoms with Crippen LogP contribution in [0.25, 0.3) is 11.1 Å². The number of hydrogen-bond donors (Lipinski definition) is 2. The number of anilines is 1. The number of amides is 1. The molecule has 32 heavy (non-hydrogen) atoms. The molecule has 0 spiro atoms. The average molecular weight is 443 g/mol. The summed E-state index contributed by atoms with van der Waals surface area (Å²) in [5, 5.41) is 23.8. The van der Waals surface area contributed by atoms with Gasteiger partial charge in [0.05, 0.1) is 16.3 Å². The van der Waals surface area contributed by atoms with Crippen LogP contribution in [0.3, 0.4) is 0 Å². The summed E-state index contributed by atoms with van der Waals surface area (Å²) < 4.78 is 0. The number of nitrogens with one attached hydrogen (secondary N) is 2. The zero-order valence-corrected chi connectivity index (χ0v) is 17.8. The van der Waals surface area contributed by atoms with Crippen LogP contribution in [0.4, 0.5) is 5.69 Å². The predicted molar refractivity (Wildman–Crippen MR) is 120 cm³/mol. The molecule has 4 aromatic rings. The fourth-order valence-electron chi connectivity index (χ4n) is 3.15. The number of H-pyrrole nitrogens is 2. The van der Waals surface area contributed by atoms with Gasteiger partial charge in [-0.3, -0.25) is 9.59 Å². The lowest BCUT2D eigenvalue weighted by molar-refractivity contribution is 0.0993. The quantitative estimate of drug-likeness (QED) is 0.438. The van der Waals surface area contributed by atoms with Gasteiger partial charge < -0.3 is 9.88 Å². The molecule has 2 aromatic carbocycles. The van der Waals surface area contributed by atoms with Crippen LogP contribution in [0.2, 0.25) is 0 Å². The van der Waals surface area contributed by atoms with Gasteiger partial charge in [0.2, 0.25) is 5.56 Å². The third-order valence-electron chi connectivity index (χ3n) is 4.72. The molecule has 0 aliphatic carbocycles. The highest BCUT2D eigenvalue weighted by Gasteiger charge is 2.17. The monoisotopic (exact) mass is 443 g/mol. The Kier molecular flexibility index (Phi) is 6.10. The summed E-state index contributed by atoms with van der Waals surface area (Å²) in [4.78, 5) is 29.6. The molecule has 2 N–H and O–H groups in total. The number of rotatable bonds is 6.